The topological polar surface area (TPSA) is 92.9 Å². The first-order valence-corrected chi connectivity index (χ1v) is 10.3. The maximum absolute atomic E-state index is 12.8. The van der Waals surface area contributed by atoms with Crippen LogP contribution in [0.5, 0.6) is 0 Å². The van der Waals surface area contributed by atoms with Gasteiger partial charge in [-0.15, -0.1) is 0 Å². The Balaban J connectivity index is 1.58. The molecule has 0 spiro atoms. The zero-order valence-electron chi connectivity index (χ0n) is 17.7. The number of nitrogens with zero attached hydrogens (tertiary/aromatic N) is 1. The average molecular weight is 419 g/mol. The van der Waals surface area contributed by atoms with E-state index in [9.17, 15) is 9.59 Å². The summed E-state index contributed by atoms with van der Waals surface area (Å²) in [5.41, 5.74) is 5.56. The van der Waals surface area contributed by atoms with Gasteiger partial charge in [0.15, 0.2) is 5.76 Å². The molecule has 0 unspecified atom stereocenters. The van der Waals surface area contributed by atoms with Crippen LogP contribution in [0.3, 0.4) is 0 Å². The largest absolute Gasteiger partial charge is 0.455 e. The fourth-order valence-corrected chi connectivity index (χ4v) is 3.95. The van der Waals surface area contributed by atoms with Crippen LogP contribution in [0.4, 0.5) is 0 Å². The molecular weight excluding hydrogens is 394 g/mol. The SMILES string of the molecule is COCCNC(=O)c1oc2c(c1C)/C(=N/NC(=O)c1cccc3ccccc13)CCC2. The summed E-state index contributed by atoms with van der Waals surface area (Å²) in [6, 6.07) is 13.4. The van der Waals surface area contributed by atoms with Crippen molar-refractivity contribution < 1.29 is 18.7 Å². The van der Waals surface area contributed by atoms with E-state index >= 15 is 0 Å². The summed E-state index contributed by atoms with van der Waals surface area (Å²) >= 11 is 0. The lowest BCUT2D eigenvalue weighted by Gasteiger charge is -2.13. The number of aryl methyl sites for hydroxylation is 1. The van der Waals surface area contributed by atoms with Gasteiger partial charge in [0.2, 0.25) is 0 Å². The number of hydrazone groups is 1. The Morgan fingerprint density at radius 2 is 1.90 bits per heavy atom. The Bertz CT molecular complexity index is 1160. The lowest BCUT2D eigenvalue weighted by Crippen LogP contribution is -2.27. The van der Waals surface area contributed by atoms with Crippen molar-refractivity contribution in [1.82, 2.24) is 10.7 Å². The number of carbonyl (C=O) groups excluding carboxylic acids is 2. The van der Waals surface area contributed by atoms with Gasteiger partial charge in [-0.3, -0.25) is 9.59 Å². The van der Waals surface area contributed by atoms with Crippen LogP contribution in [0.25, 0.3) is 10.8 Å². The van der Waals surface area contributed by atoms with Gasteiger partial charge in [-0.1, -0.05) is 36.4 Å². The number of nitrogens with one attached hydrogen (secondary N) is 2. The molecule has 1 aromatic heterocycles. The van der Waals surface area contributed by atoms with Gasteiger partial charge in [0.05, 0.1) is 12.3 Å². The second-order valence-electron chi connectivity index (χ2n) is 7.48. The monoisotopic (exact) mass is 419 g/mol. The van der Waals surface area contributed by atoms with Gasteiger partial charge in [-0.25, -0.2) is 5.43 Å². The van der Waals surface area contributed by atoms with Crippen molar-refractivity contribution in [2.24, 2.45) is 5.10 Å². The molecule has 0 radical (unpaired) electrons. The van der Waals surface area contributed by atoms with E-state index in [0.717, 1.165) is 46.2 Å². The van der Waals surface area contributed by atoms with Gasteiger partial charge in [-0.2, -0.15) is 5.10 Å². The number of furan rings is 1. The first kappa shape index (κ1) is 20.8. The van der Waals surface area contributed by atoms with Crippen molar-refractivity contribution in [3.05, 3.63) is 70.7 Å². The summed E-state index contributed by atoms with van der Waals surface area (Å²) in [5.74, 6) is 0.480. The number of amides is 2. The molecule has 0 saturated carbocycles. The van der Waals surface area contributed by atoms with Gasteiger partial charge >= 0.3 is 0 Å². The Hall–Kier alpha value is -3.45. The minimum Gasteiger partial charge on any atom is -0.455 e. The zero-order chi connectivity index (χ0) is 21.8. The third-order valence-corrected chi connectivity index (χ3v) is 5.45. The van der Waals surface area contributed by atoms with Crippen LogP contribution in [0, 0.1) is 6.92 Å². The van der Waals surface area contributed by atoms with Crippen LogP contribution < -0.4 is 10.7 Å². The van der Waals surface area contributed by atoms with Gasteiger partial charge in [0, 0.05) is 36.8 Å². The minimum absolute atomic E-state index is 0.268. The number of benzene rings is 2. The summed E-state index contributed by atoms with van der Waals surface area (Å²) in [6.07, 6.45) is 2.28. The fraction of sp³-hybridized carbons (Fsp3) is 0.292. The quantitative estimate of drug-likeness (QED) is 0.472. The van der Waals surface area contributed by atoms with E-state index < -0.39 is 0 Å². The maximum atomic E-state index is 12.8. The highest BCUT2D eigenvalue weighted by atomic mass is 16.5. The van der Waals surface area contributed by atoms with Crippen LogP contribution in [0.1, 0.15) is 50.6 Å². The second-order valence-corrected chi connectivity index (χ2v) is 7.48. The minimum atomic E-state index is -0.275. The van der Waals surface area contributed by atoms with Gasteiger partial charge in [-0.05, 0) is 36.6 Å². The molecule has 0 saturated heterocycles. The molecule has 0 atom stereocenters. The molecule has 31 heavy (non-hydrogen) atoms. The number of methoxy groups -OCH3 is 1. The molecule has 2 N–H and O–H groups in total. The smallest absolute Gasteiger partial charge is 0.287 e. The second kappa shape index (κ2) is 9.14. The lowest BCUT2D eigenvalue weighted by molar-refractivity contribution is 0.0906. The first-order chi connectivity index (χ1) is 15.1. The molecule has 7 nitrogen and oxygen atoms in total. The summed E-state index contributed by atoms with van der Waals surface area (Å²) in [5, 5.41) is 9.08. The van der Waals surface area contributed by atoms with Crippen molar-refractivity contribution >= 4 is 28.3 Å². The lowest BCUT2D eigenvalue weighted by atomic mass is 9.93. The van der Waals surface area contributed by atoms with E-state index in [1.54, 1.807) is 13.2 Å². The number of ether oxygens (including phenoxy) is 1. The highest BCUT2D eigenvalue weighted by Gasteiger charge is 2.28. The summed E-state index contributed by atoms with van der Waals surface area (Å²) in [6.45, 7) is 2.68. The van der Waals surface area contributed by atoms with Crippen LogP contribution in [-0.4, -0.2) is 37.8 Å². The van der Waals surface area contributed by atoms with E-state index in [4.69, 9.17) is 9.15 Å². The normalized spacial score (nSPS) is 14.5. The van der Waals surface area contributed by atoms with E-state index in [0.29, 0.717) is 25.1 Å². The fourth-order valence-electron chi connectivity index (χ4n) is 3.95. The number of fused-ring (bicyclic) bond motifs is 2. The summed E-state index contributed by atoms with van der Waals surface area (Å²) in [7, 11) is 1.58. The highest BCUT2D eigenvalue weighted by molar-refractivity contribution is 6.09. The molecule has 1 aliphatic carbocycles. The Morgan fingerprint density at radius 1 is 1.10 bits per heavy atom. The van der Waals surface area contributed by atoms with Crippen molar-refractivity contribution in [3.63, 3.8) is 0 Å². The van der Waals surface area contributed by atoms with Crippen molar-refractivity contribution in [3.8, 4) is 0 Å². The maximum Gasteiger partial charge on any atom is 0.287 e. The third kappa shape index (κ3) is 4.22. The zero-order valence-corrected chi connectivity index (χ0v) is 17.7. The van der Waals surface area contributed by atoms with Gasteiger partial charge < -0.3 is 14.5 Å². The van der Waals surface area contributed by atoms with E-state index in [1.807, 2.05) is 43.3 Å². The number of hydrogen-bond donors (Lipinski definition) is 2. The first-order valence-electron chi connectivity index (χ1n) is 10.3. The predicted molar refractivity (Wildman–Crippen MR) is 119 cm³/mol. The predicted octanol–water partition coefficient (Wildman–Crippen LogP) is 3.59. The molecule has 0 bridgehead atoms. The van der Waals surface area contributed by atoms with Crippen molar-refractivity contribution in [1.29, 1.82) is 0 Å². The Labute approximate surface area is 180 Å². The highest BCUT2D eigenvalue weighted by Crippen LogP contribution is 2.30. The molecule has 2 amide bonds. The molecule has 7 heteroatoms. The molecule has 4 rings (SSSR count). The molecule has 2 aromatic carbocycles. The molecule has 160 valence electrons. The summed E-state index contributed by atoms with van der Waals surface area (Å²) in [4.78, 5) is 25.3. The number of carbonyl (C=O) groups is 2. The van der Waals surface area contributed by atoms with E-state index in [-0.39, 0.29) is 17.6 Å². The van der Waals surface area contributed by atoms with Crippen LogP contribution in [-0.2, 0) is 11.2 Å². The molecule has 1 aliphatic rings. The van der Waals surface area contributed by atoms with E-state index in [1.165, 1.54) is 0 Å². The van der Waals surface area contributed by atoms with Crippen LogP contribution in [0.2, 0.25) is 0 Å². The number of rotatable bonds is 6. The Kier molecular flexibility index (Phi) is 6.13. The molecule has 0 fully saturated rings. The van der Waals surface area contributed by atoms with Crippen molar-refractivity contribution in [2.75, 3.05) is 20.3 Å². The standard InChI is InChI=1S/C24H25N3O4/c1-15-21-19(11-6-12-20(21)31-22(15)24(29)25-13-14-30-2)26-27-23(28)18-10-5-8-16-7-3-4-9-17(16)18/h3-5,7-10H,6,11-14H2,1-2H3,(H,25,29)(H,27,28)/b26-19+. The van der Waals surface area contributed by atoms with E-state index in [2.05, 4.69) is 15.8 Å². The molecular formula is C24H25N3O4. The molecule has 3 aromatic rings. The van der Waals surface area contributed by atoms with Gasteiger partial charge in [0.25, 0.3) is 11.8 Å². The molecule has 1 heterocycles. The Morgan fingerprint density at radius 3 is 2.74 bits per heavy atom. The molecule has 0 aliphatic heterocycles. The number of hydrogen-bond acceptors (Lipinski definition) is 5. The van der Waals surface area contributed by atoms with Crippen LogP contribution in [0.15, 0.2) is 52.0 Å². The van der Waals surface area contributed by atoms with Crippen molar-refractivity contribution in [2.45, 2.75) is 26.2 Å². The average Bonchev–Trinajstić information content (AvgIpc) is 3.14. The van der Waals surface area contributed by atoms with Gasteiger partial charge in [0.1, 0.15) is 5.76 Å². The third-order valence-electron chi connectivity index (χ3n) is 5.45. The van der Waals surface area contributed by atoms with Crippen LogP contribution >= 0.6 is 0 Å². The summed E-state index contributed by atoms with van der Waals surface area (Å²) < 4.78 is 10.8.